The fourth-order valence-electron chi connectivity index (χ4n) is 3.96. The maximum Gasteiger partial charge on any atom is 0.251 e. The Morgan fingerprint density at radius 2 is 2.00 bits per heavy atom. The van der Waals surface area contributed by atoms with E-state index >= 15 is 0 Å². The quantitative estimate of drug-likeness (QED) is 0.742. The lowest BCUT2D eigenvalue weighted by molar-refractivity contribution is 0.0954. The number of nitrogens with zero attached hydrogens (tertiary/aromatic N) is 3. The van der Waals surface area contributed by atoms with Crippen LogP contribution in [0.2, 0.25) is 0 Å². The van der Waals surface area contributed by atoms with Gasteiger partial charge in [0.05, 0.1) is 0 Å². The molecule has 1 N–H and O–H groups in total. The van der Waals surface area contributed by atoms with Crippen LogP contribution in [0.3, 0.4) is 0 Å². The van der Waals surface area contributed by atoms with Crippen molar-refractivity contribution in [2.75, 3.05) is 6.54 Å². The van der Waals surface area contributed by atoms with E-state index in [2.05, 4.69) is 57.3 Å². The molecular weight excluding hydrogens is 348 g/mol. The molecule has 1 atom stereocenters. The normalized spacial score (nSPS) is 15.9. The van der Waals surface area contributed by atoms with Gasteiger partial charge in [-0.1, -0.05) is 42.0 Å². The lowest BCUT2D eigenvalue weighted by atomic mass is 9.90. The van der Waals surface area contributed by atoms with Crippen LogP contribution >= 0.6 is 0 Å². The molecule has 2 heterocycles. The van der Waals surface area contributed by atoms with Gasteiger partial charge in [-0.2, -0.15) is 0 Å². The molecule has 4 rings (SSSR count). The molecule has 0 unspecified atom stereocenters. The molecule has 0 spiro atoms. The molecule has 5 heteroatoms. The summed E-state index contributed by atoms with van der Waals surface area (Å²) in [5.74, 6) is 2.41. The average Bonchev–Trinajstić information content (AvgIpc) is 3.08. The molecule has 0 saturated carbocycles. The lowest BCUT2D eigenvalue weighted by Crippen LogP contribution is -2.26. The number of amides is 1. The van der Waals surface area contributed by atoms with Crippen molar-refractivity contribution in [3.63, 3.8) is 0 Å². The molecule has 3 aromatic rings. The Morgan fingerprint density at radius 3 is 2.86 bits per heavy atom. The Labute approximate surface area is 165 Å². The second-order valence-corrected chi connectivity index (χ2v) is 7.63. The van der Waals surface area contributed by atoms with Crippen LogP contribution in [0, 0.1) is 13.8 Å². The zero-order valence-corrected chi connectivity index (χ0v) is 16.5. The molecule has 0 fully saturated rings. The summed E-state index contributed by atoms with van der Waals surface area (Å²) in [7, 11) is 0. The van der Waals surface area contributed by atoms with Crippen LogP contribution in [0.15, 0.2) is 48.5 Å². The smallest absolute Gasteiger partial charge is 0.251 e. The van der Waals surface area contributed by atoms with E-state index in [4.69, 9.17) is 0 Å². The Kier molecular flexibility index (Phi) is 5.24. The van der Waals surface area contributed by atoms with E-state index in [1.807, 2.05) is 25.1 Å². The molecule has 0 aliphatic carbocycles. The van der Waals surface area contributed by atoms with Crippen LogP contribution in [-0.2, 0) is 19.4 Å². The summed E-state index contributed by atoms with van der Waals surface area (Å²) in [6.45, 7) is 5.60. The molecule has 2 aromatic carbocycles. The van der Waals surface area contributed by atoms with Crippen LogP contribution in [0.4, 0.5) is 0 Å². The topological polar surface area (TPSA) is 59.8 Å². The monoisotopic (exact) mass is 374 g/mol. The van der Waals surface area contributed by atoms with E-state index in [1.54, 1.807) is 0 Å². The molecule has 144 valence electrons. The minimum Gasteiger partial charge on any atom is -0.352 e. The van der Waals surface area contributed by atoms with E-state index in [9.17, 15) is 4.79 Å². The zero-order chi connectivity index (χ0) is 19.5. The first-order chi connectivity index (χ1) is 13.6. The summed E-state index contributed by atoms with van der Waals surface area (Å²) in [6, 6.07) is 16.5. The molecule has 0 bridgehead atoms. The van der Waals surface area contributed by atoms with E-state index < -0.39 is 0 Å². The minimum absolute atomic E-state index is 0.00789. The number of hydrogen-bond donors (Lipinski definition) is 1. The van der Waals surface area contributed by atoms with Gasteiger partial charge >= 0.3 is 0 Å². The maximum atomic E-state index is 12.6. The van der Waals surface area contributed by atoms with Crippen LogP contribution in [0.25, 0.3) is 0 Å². The number of carbonyl (C=O) groups excluding carboxylic acids is 1. The van der Waals surface area contributed by atoms with Crippen LogP contribution < -0.4 is 5.32 Å². The van der Waals surface area contributed by atoms with Gasteiger partial charge in [0.25, 0.3) is 5.91 Å². The fraction of sp³-hybridized carbons (Fsp3) is 0.348. The highest BCUT2D eigenvalue weighted by molar-refractivity contribution is 5.94. The number of hydrogen-bond acceptors (Lipinski definition) is 3. The summed E-state index contributed by atoms with van der Waals surface area (Å²) in [4.78, 5) is 12.6. The van der Waals surface area contributed by atoms with Crippen LogP contribution in [0.5, 0.6) is 0 Å². The van der Waals surface area contributed by atoms with E-state index in [-0.39, 0.29) is 5.91 Å². The first kappa shape index (κ1) is 18.4. The summed E-state index contributed by atoms with van der Waals surface area (Å²) >= 11 is 0. The molecule has 5 nitrogen and oxygen atoms in total. The first-order valence-electron chi connectivity index (χ1n) is 9.92. The van der Waals surface area contributed by atoms with Gasteiger partial charge in [0.1, 0.15) is 11.6 Å². The van der Waals surface area contributed by atoms with Crippen LogP contribution in [-0.4, -0.2) is 27.2 Å². The van der Waals surface area contributed by atoms with Crippen molar-refractivity contribution >= 4 is 5.91 Å². The summed E-state index contributed by atoms with van der Waals surface area (Å²) in [5, 5.41) is 11.5. The molecule has 0 saturated heterocycles. The van der Waals surface area contributed by atoms with Gasteiger partial charge in [-0.25, -0.2) is 0 Å². The lowest BCUT2D eigenvalue weighted by Gasteiger charge is -2.24. The van der Waals surface area contributed by atoms with Crippen molar-refractivity contribution in [1.82, 2.24) is 20.1 Å². The second-order valence-electron chi connectivity index (χ2n) is 7.63. The molecule has 28 heavy (non-hydrogen) atoms. The number of fused-ring (bicyclic) bond motifs is 1. The Hall–Kier alpha value is -2.95. The summed E-state index contributed by atoms with van der Waals surface area (Å²) in [5.41, 5.74) is 4.44. The number of aromatic nitrogens is 3. The van der Waals surface area contributed by atoms with E-state index in [1.165, 1.54) is 16.7 Å². The Balaban J connectivity index is 1.39. The Bertz CT molecular complexity index is 992. The molecule has 1 aromatic heterocycles. The van der Waals surface area contributed by atoms with Crippen molar-refractivity contribution in [2.24, 2.45) is 0 Å². The van der Waals surface area contributed by atoms with Gasteiger partial charge in [0.2, 0.25) is 0 Å². The molecule has 1 aliphatic heterocycles. The van der Waals surface area contributed by atoms with Crippen LogP contribution in [0.1, 0.15) is 51.0 Å². The third kappa shape index (κ3) is 3.98. The molecule has 1 aliphatic rings. The highest BCUT2D eigenvalue weighted by atomic mass is 16.1. The highest BCUT2D eigenvalue weighted by Crippen LogP contribution is 2.29. The fourth-order valence-corrected chi connectivity index (χ4v) is 3.96. The third-order valence-corrected chi connectivity index (χ3v) is 5.53. The maximum absolute atomic E-state index is 12.6. The largest absolute Gasteiger partial charge is 0.352 e. The predicted molar refractivity (Wildman–Crippen MR) is 109 cm³/mol. The standard InChI is InChI=1S/C23H26N4O/c1-16-5-3-6-18(13-16)11-12-24-23(28)20-8-4-7-19(14-20)21-9-10-22-26-25-17(2)27(22)15-21/h3-8,13-14,21H,9-12,15H2,1-2H3,(H,24,28)/t21-/m0/s1. The van der Waals surface area contributed by atoms with Gasteiger partial charge in [0, 0.05) is 31.0 Å². The van der Waals surface area contributed by atoms with Crippen molar-refractivity contribution in [3.05, 3.63) is 82.4 Å². The molecular formula is C23H26N4O. The molecule has 1 amide bonds. The SMILES string of the molecule is Cc1cccc(CCNC(=O)c2cccc([C@H]3CCc4nnc(C)n4C3)c2)c1. The number of rotatable bonds is 5. The van der Waals surface area contributed by atoms with Gasteiger partial charge in [0.15, 0.2) is 0 Å². The molecule has 0 radical (unpaired) electrons. The van der Waals surface area contributed by atoms with Crippen molar-refractivity contribution in [3.8, 4) is 0 Å². The summed E-state index contributed by atoms with van der Waals surface area (Å²) in [6.07, 6.45) is 2.81. The highest BCUT2D eigenvalue weighted by Gasteiger charge is 2.23. The second kappa shape index (κ2) is 7.97. The predicted octanol–water partition coefficient (Wildman–Crippen LogP) is 3.60. The van der Waals surface area contributed by atoms with Crippen molar-refractivity contribution < 1.29 is 4.79 Å². The minimum atomic E-state index is -0.00789. The van der Waals surface area contributed by atoms with Crippen molar-refractivity contribution in [1.29, 1.82) is 0 Å². The zero-order valence-electron chi connectivity index (χ0n) is 16.5. The van der Waals surface area contributed by atoms with E-state index in [0.717, 1.165) is 43.0 Å². The average molecular weight is 374 g/mol. The third-order valence-electron chi connectivity index (χ3n) is 5.53. The Morgan fingerprint density at radius 1 is 1.14 bits per heavy atom. The number of nitrogens with one attached hydrogen (secondary N) is 1. The van der Waals surface area contributed by atoms with Gasteiger partial charge < -0.3 is 9.88 Å². The van der Waals surface area contributed by atoms with Gasteiger partial charge in [-0.15, -0.1) is 10.2 Å². The van der Waals surface area contributed by atoms with Crippen molar-refractivity contribution in [2.45, 2.75) is 45.6 Å². The van der Waals surface area contributed by atoms with Gasteiger partial charge in [-0.05, 0) is 49.9 Å². The first-order valence-corrected chi connectivity index (χ1v) is 9.92. The van der Waals surface area contributed by atoms with Gasteiger partial charge in [-0.3, -0.25) is 4.79 Å². The summed E-state index contributed by atoms with van der Waals surface area (Å²) < 4.78 is 2.20. The van der Waals surface area contributed by atoms with E-state index in [0.29, 0.717) is 12.5 Å². The number of carbonyl (C=O) groups is 1. The number of benzene rings is 2. The number of aryl methyl sites for hydroxylation is 3.